The van der Waals surface area contributed by atoms with Crippen LogP contribution in [0.4, 0.5) is 0 Å². The van der Waals surface area contributed by atoms with E-state index in [-0.39, 0.29) is 5.91 Å². The number of nitrogens with zero attached hydrogens (tertiary/aromatic N) is 2. The number of aromatic nitrogens is 3. The third-order valence-corrected chi connectivity index (χ3v) is 4.22. The van der Waals surface area contributed by atoms with Gasteiger partial charge in [-0.25, -0.2) is 9.97 Å². The minimum absolute atomic E-state index is 0.0701. The van der Waals surface area contributed by atoms with Crippen molar-refractivity contribution < 1.29 is 4.79 Å². The fourth-order valence-electron chi connectivity index (χ4n) is 3.21. The zero-order chi connectivity index (χ0) is 12.1. The molecule has 2 N–H and O–H groups in total. The second-order valence-corrected chi connectivity index (χ2v) is 5.23. The number of carbonyl (C=O) groups is 1. The lowest BCUT2D eigenvalue weighted by Crippen LogP contribution is -2.29. The number of hydrogen-bond donors (Lipinski definition) is 2. The first-order chi connectivity index (χ1) is 8.83. The van der Waals surface area contributed by atoms with E-state index in [0.717, 1.165) is 17.4 Å². The molecule has 2 aliphatic carbocycles. The number of pyridine rings is 1. The molecule has 3 atom stereocenters. The van der Waals surface area contributed by atoms with Gasteiger partial charge in [-0.3, -0.25) is 4.79 Å². The molecule has 4 rings (SSSR count). The van der Waals surface area contributed by atoms with Gasteiger partial charge in [0.2, 0.25) is 0 Å². The Balaban J connectivity index is 1.53. The van der Waals surface area contributed by atoms with Crippen molar-refractivity contribution in [2.75, 3.05) is 0 Å². The van der Waals surface area contributed by atoms with Gasteiger partial charge in [-0.15, -0.1) is 0 Å². The summed E-state index contributed by atoms with van der Waals surface area (Å²) in [6.45, 7) is 0. The maximum absolute atomic E-state index is 12.1. The first kappa shape index (κ1) is 10.1. The van der Waals surface area contributed by atoms with E-state index in [1.54, 1.807) is 12.4 Å². The lowest BCUT2D eigenvalue weighted by atomic mass is 10.2. The Morgan fingerprint density at radius 3 is 3.00 bits per heavy atom. The molecule has 5 nitrogen and oxygen atoms in total. The van der Waals surface area contributed by atoms with Crippen molar-refractivity contribution in [2.24, 2.45) is 11.8 Å². The molecule has 2 aromatic heterocycles. The molecule has 0 spiro atoms. The van der Waals surface area contributed by atoms with Crippen molar-refractivity contribution in [3.8, 4) is 0 Å². The summed E-state index contributed by atoms with van der Waals surface area (Å²) in [5.41, 5.74) is 1.91. The highest BCUT2D eigenvalue weighted by Gasteiger charge is 2.53. The van der Waals surface area contributed by atoms with E-state index in [1.807, 2.05) is 6.07 Å². The van der Waals surface area contributed by atoms with E-state index in [2.05, 4.69) is 20.3 Å². The molecule has 2 aromatic rings. The number of H-pyrrole nitrogens is 1. The number of carbonyl (C=O) groups excluding carboxylic acids is 1. The summed E-state index contributed by atoms with van der Waals surface area (Å²) in [5.74, 6) is 1.38. The fourth-order valence-corrected chi connectivity index (χ4v) is 3.21. The van der Waals surface area contributed by atoms with Gasteiger partial charge in [-0.2, -0.15) is 0 Å². The Morgan fingerprint density at radius 2 is 2.17 bits per heavy atom. The summed E-state index contributed by atoms with van der Waals surface area (Å²) in [4.78, 5) is 23.4. The summed E-state index contributed by atoms with van der Waals surface area (Å²) in [7, 11) is 0. The van der Waals surface area contributed by atoms with E-state index < -0.39 is 0 Å². The number of amides is 1. The Kier molecular flexibility index (Phi) is 1.98. The van der Waals surface area contributed by atoms with Gasteiger partial charge in [0, 0.05) is 6.04 Å². The summed E-state index contributed by atoms with van der Waals surface area (Å²) < 4.78 is 0. The highest BCUT2D eigenvalue weighted by molar-refractivity contribution is 5.94. The first-order valence-corrected chi connectivity index (χ1v) is 6.44. The van der Waals surface area contributed by atoms with Crippen LogP contribution in [0.3, 0.4) is 0 Å². The third kappa shape index (κ3) is 1.43. The van der Waals surface area contributed by atoms with Crippen molar-refractivity contribution >= 4 is 17.1 Å². The van der Waals surface area contributed by atoms with E-state index in [9.17, 15) is 4.79 Å². The van der Waals surface area contributed by atoms with E-state index in [1.165, 1.54) is 19.3 Å². The Morgan fingerprint density at radius 1 is 1.33 bits per heavy atom. The smallest absolute Gasteiger partial charge is 0.270 e. The van der Waals surface area contributed by atoms with Crippen LogP contribution in [0.25, 0.3) is 11.2 Å². The molecule has 0 aromatic carbocycles. The van der Waals surface area contributed by atoms with Gasteiger partial charge in [-0.05, 0) is 36.8 Å². The summed E-state index contributed by atoms with van der Waals surface area (Å²) in [6, 6.07) is 3.98. The molecule has 0 aliphatic heterocycles. The fraction of sp³-hybridized carbons (Fsp3) is 0.462. The monoisotopic (exact) mass is 242 g/mol. The van der Waals surface area contributed by atoms with Crippen LogP contribution in [0.5, 0.6) is 0 Å². The van der Waals surface area contributed by atoms with E-state index in [0.29, 0.717) is 17.4 Å². The number of nitrogens with one attached hydrogen (secondary N) is 2. The second-order valence-electron chi connectivity index (χ2n) is 5.23. The third-order valence-electron chi connectivity index (χ3n) is 4.22. The Hall–Kier alpha value is -1.91. The van der Waals surface area contributed by atoms with Gasteiger partial charge < -0.3 is 10.3 Å². The van der Waals surface area contributed by atoms with Crippen molar-refractivity contribution in [1.29, 1.82) is 0 Å². The van der Waals surface area contributed by atoms with Crippen molar-refractivity contribution in [2.45, 2.75) is 25.3 Å². The molecule has 2 aliphatic rings. The van der Waals surface area contributed by atoms with Crippen LogP contribution in [0.1, 0.15) is 29.8 Å². The lowest BCUT2D eigenvalue weighted by molar-refractivity contribution is 0.0941. The number of aromatic amines is 1. The van der Waals surface area contributed by atoms with Gasteiger partial charge in [0.1, 0.15) is 5.69 Å². The molecule has 92 valence electrons. The maximum atomic E-state index is 12.1. The number of imidazole rings is 1. The molecule has 1 unspecified atom stereocenters. The molecule has 2 heterocycles. The Bertz CT molecular complexity index is 610. The van der Waals surface area contributed by atoms with E-state index >= 15 is 0 Å². The van der Waals surface area contributed by atoms with Gasteiger partial charge in [0.05, 0.1) is 11.8 Å². The van der Waals surface area contributed by atoms with Gasteiger partial charge >= 0.3 is 0 Å². The van der Waals surface area contributed by atoms with Gasteiger partial charge in [0.25, 0.3) is 5.91 Å². The van der Waals surface area contributed by atoms with Crippen molar-refractivity contribution in [3.63, 3.8) is 0 Å². The van der Waals surface area contributed by atoms with Crippen LogP contribution in [0.2, 0.25) is 0 Å². The molecule has 0 radical (unpaired) electrons. The first-order valence-electron chi connectivity index (χ1n) is 6.44. The van der Waals surface area contributed by atoms with Crippen LogP contribution < -0.4 is 5.32 Å². The van der Waals surface area contributed by atoms with Crippen LogP contribution in [-0.4, -0.2) is 26.9 Å². The van der Waals surface area contributed by atoms with Crippen LogP contribution in [0.15, 0.2) is 18.5 Å². The molecule has 0 saturated heterocycles. The molecule has 2 saturated carbocycles. The van der Waals surface area contributed by atoms with Crippen LogP contribution >= 0.6 is 0 Å². The molecule has 1 amide bonds. The molecule has 0 bridgehead atoms. The standard InChI is InChI=1S/C13H14N4O/c18-13(17-11-7-2-1-3-8(7)11)10-5-4-9-12(16-10)15-6-14-9/h4-8,11H,1-3H2,(H,17,18)(H,14,15,16)/t7-,8+,11?. The average Bonchev–Trinajstić information content (AvgIpc) is 2.82. The number of hydrogen-bond acceptors (Lipinski definition) is 3. The molecular weight excluding hydrogens is 228 g/mol. The Labute approximate surface area is 104 Å². The van der Waals surface area contributed by atoms with Crippen molar-refractivity contribution in [1.82, 2.24) is 20.3 Å². The molecule has 18 heavy (non-hydrogen) atoms. The van der Waals surface area contributed by atoms with Crippen LogP contribution in [0, 0.1) is 11.8 Å². The highest BCUT2D eigenvalue weighted by atomic mass is 16.2. The largest absolute Gasteiger partial charge is 0.347 e. The summed E-state index contributed by atoms with van der Waals surface area (Å²) in [5, 5.41) is 3.09. The highest BCUT2D eigenvalue weighted by Crippen LogP contribution is 2.51. The minimum atomic E-state index is -0.0701. The van der Waals surface area contributed by atoms with Crippen molar-refractivity contribution in [3.05, 3.63) is 24.2 Å². The van der Waals surface area contributed by atoms with Gasteiger partial charge in [0.15, 0.2) is 5.65 Å². The number of fused-ring (bicyclic) bond motifs is 2. The van der Waals surface area contributed by atoms with Gasteiger partial charge in [-0.1, -0.05) is 6.42 Å². The maximum Gasteiger partial charge on any atom is 0.270 e. The summed E-state index contributed by atoms with van der Waals surface area (Å²) in [6.07, 6.45) is 5.44. The number of rotatable bonds is 2. The zero-order valence-electron chi connectivity index (χ0n) is 9.89. The second kappa shape index (κ2) is 3.54. The minimum Gasteiger partial charge on any atom is -0.347 e. The summed E-state index contributed by atoms with van der Waals surface area (Å²) >= 11 is 0. The quantitative estimate of drug-likeness (QED) is 0.838. The van der Waals surface area contributed by atoms with Crippen LogP contribution in [-0.2, 0) is 0 Å². The molecule has 5 heteroatoms. The zero-order valence-corrected chi connectivity index (χ0v) is 9.89. The normalized spacial score (nSPS) is 29.2. The topological polar surface area (TPSA) is 70.7 Å². The molecular formula is C13H14N4O. The molecule has 2 fully saturated rings. The predicted molar refractivity (Wildman–Crippen MR) is 66.0 cm³/mol. The lowest BCUT2D eigenvalue weighted by Gasteiger charge is -2.06. The van der Waals surface area contributed by atoms with E-state index in [4.69, 9.17) is 0 Å². The SMILES string of the molecule is O=C(NC1[C@H]2CCC[C@@H]12)c1ccc2[nH]cnc2n1. The predicted octanol–water partition coefficient (Wildman–Crippen LogP) is 1.49. The average molecular weight is 242 g/mol.